The van der Waals surface area contributed by atoms with E-state index in [1.165, 1.54) is 23.1 Å². The summed E-state index contributed by atoms with van der Waals surface area (Å²) in [5.74, 6) is -0.459. The van der Waals surface area contributed by atoms with Gasteiger partial charge in [-0.3, -0.25) is 19.7 Å². The molecule has 0 radical (unpaired) electrons. The molecule has 8 nitrogen and oxygen atoms in total. The van der Waals surface area contributed by atoms with Gasteiger partial charge in [0, 0.05) is 54.4 Å². The van der Waals surface area contributed by atoms with Crippen molar-refractivity contribution in [3.8, 4) is 0 Å². The topological polar surface area (TPSA) is 99.6 Å². The van der Waals surface area contributed by atoms with E-state index >= 15 is 0 Å². The Kier molecular flexibility index (Phi) is 8.76. The molecule has 0 fully saturated rings. The number of nitrogens with zero attached hydrogens (tertiary/aromatic N) is 3. The molecule has 0 saturated carbocycles. The molecule has 2 amide bonds. The minimum Gasteiger partial charge on any atom is -0.361 e. The van der Waals surface area contributed by atoms with Crippen molar-refractivity contribution >= 4 is 28.4 Å². The highest BCUT2D eigenvalue weighted by molar-refractivity contribution is 5.97. The number of para-hydroxylation sites is 1. The van der Waals surface area contributed by atoms with Crippen molar-refractivity contribution in [1.82, 2.24) is 14.8 Å². The van der Waals surface area contributed by atoms with Crippen molar-refractivity contribution in [2.24, 2.45) is 5.92 Å². The van der Waals surface area contributed by atoms with E-state index in [0.717, 1.165) is 27.6 Å². The predicted octanol–water partition coefficient (Wildman–Crippen LogP) is 5.75. The molecule has 0 unspecified atom stereocenters. The van der Waals surface area contributed by atoms with Crippen molar-refractivity contribution in [3.05, 3.63) is 111 Å². The maximum atomic E-state index is 13.8. The van der Waals surface area contributed by atoms with Crippen molar-refractivity contribution < 1.29 is 14.5 Å². The Hall–Kier alpha value is -4.46. The minimum absolute atomic E-state index is 0.109. The molecule has 4 rings (SSSR count). The van der Waals surface area contributed by atoms with Crippen LogP contribution in [0.4, 0.5) is 5.69 Å². The van der Waals surface area contributed by atoms with Gasteiger partial charge in [0.25, 0.3) is 11.6 Å². The van der Waals surface area contributed by atoms with Crippen LogP contribution < -0.4 is 0 Å². The number of H-pyrrole nitrogens is 1. The first-order valence-electron chi connectivity index (χ1n) is 13.1. The van der Waals surface area contributed by atoms with Crippen molar-refractivity contribution in [2.45, 2.75) is 33.7 Å². The van der Waals surface area contributed by atoms with Gasteiger partial charge in [0.05, 0.1) is 4.92 Å². The van der Waals surface area contributed by atoms with Gasteiger partial charge >= 0.3 is 0 Å². The van der Waals surface area contributed by atoms with Crippen LogP contribution in [0.2, 0.25) is 0 Å². The third kappa shape index (κ3) is 7.10. The second-order valence-corrected chi connectivity index (χ2v) is 10.3. The molecule has 0 aliphatic rings. The van der Waals surface area contributed by atoms with Crippen LogP contribution in [-0.4, -0.2) is 51.2 Å². The van der Waals surface area contributed by atoms with Gasteiger partial charge in [-0.05, 0) is 42.5 Å². The number of carbonyl (C=O) groups excluding carboxylic acids is 2. The Morgan fingerprint density at radius 1 is 0.974 bits per heavy atom. The summed E-state index contributed by atoms with van der Waals surface area (Å²) in [6.07, 6.45) is 2.64. The largest absolute Gasteiger partial charge is 0.361 e. The summed E-state index contributed by atoms with van der Waals surface area (Å²) < 4.78 is 0. The molecule has 0 saturated heterocycles. The Labute approximate surface area is 228 Å². The molecule has 1 heterocycles. The van der Waals surface area contributed by atoms with Gasteiger partial charge in [-0.15, -0.1) is 0 Å². The highest BCUT2D eigenvalue weighted by atomic mass is 16.6. The zero-order valence-corrected chi connectivity index (χ0v) is 22.6. The molecule has 1 aromatic heterocycles. The fourth-order valence-electron chi connectivity index (χ4n) is 4.66. The standard InChI is InChI=1S/C31H34N4O4/c1-22(2)19-34(31(37)25-7-6-8-27(17-25)35(38)39)21-30(36)33(20-24-13-11-23(3)12-14-24)16-15-26-18-32-29-10-5-4-9-28(26)29/h4-14,17-18,22,32H,15-16,19-21H2,1-3H3. The molecule has 1 N–H and O–H groups in total. The number of hydrogen-bond acceptors (Lipinski definition) is 4. The van der Waals surface area contributed by atoms with Crippen LogP contribution in [0, 0.1) is 23.0 Å². The van der Waals surface area contributed by atoms with E-state index in [1.54, 1.807) is 11.0 Å². The monoisotopic (exact) mass is 526 g/mol. The summed E-state index contributed by atoms with van der Waals surface area (Å²) in [4.78, 5) is 44.5. The van der Waals surface area contributed by atoms with Crippen LogP contribution in [0.3, 0.4) is 0 Å². The number of amides is 2. The van der Waals surface area contributed by atoms with Gasteiger partial charge in [0.1, 0.15) is 6.54 Å². The number of rotatable bonds is 11. The van der Waals surface area contributed by atoms with Gasteiger partial charge < -0.3 is 14.8 Å². The summed E-state index contributed by atoms with van der Waals surface area (Å²) in [5, 5.41) is 12.4. The highest BCUT2D eigenvalue weighted by Gasteiger charge is 2.24. The molecule has 3 aromatic carbocycles. The molecule has 0 bridgehead atoms. The molecule has 0 aliphatic heterocycles. The number of nitro groups is 1. The zero-order valence-electron chi connectivity index (χ0n) is 22.6. The second kappa shape index (κ2) is 12.4. The van der Waals surface area contributed by atoms with E-state index in [9.17, 15) is 19.7 Å². The second-order valence-electron chi connectivity index (χ2n) is 10.3. The van der Waals surface area contributed by atoms with Crippen molar-refractivity contribution in [3.63, 3.8) is 0 Å². The summed E-state index contributed by atoms with van der Waals surface area (Å²) in [5.41, 5.74) is 4.36. The highest BCUT2D eigenvalue weighted by Crippen LogP contribution is 2.20. The maximum absolute atomic E-state index is 13.8. The third-order valence-electron chi connectivity index (χ3n) is 6.68. The number of hydrogen-bond donors (Lipinski definition) is 1. The first-order valence-corrected chi connectivity index (χ1v) is 13.1. The SMILES string of the molecule is Cc1ccc(CN(CCc2c[nH]c3ccccc23)C(=O)CN(CC(C)C)C(=O)c2cccc([N+](=O)[O-])c2)cc1. The van der Waals surface area contributed by atoms with E-state index < -0.39 is 10.8 Å². The van der Waals surface area contributed by atoms with Crippen LogP contribution in [0.25, 0.3) is 10.9 Å². The van der Waals surface area contributed by atoms with Crippen LogP contribution in [0.5, 0.6) is 0 Å². The van der Waals surface area contributed by atoms with Crippen LogP contribution in [-0.2, 0) is 17.8 Å². The lowest BCUT2D eigenvalue weighted by atomic mass is 10.1. The fourth-order valence-corrected chi connectivity index (χ4v) is 4.66. The summed E-state index contributed by atoms with van der Waals surface area (Å²) >= 11 is 0. The lowest BCUT2D eigenvalue weighted by Crippen LogP contribution is -2.44. The van der Waals surface area contributed by atoms with Crippen LogP contribution in [0.15, 0.2) is 79.0 Å². The van der Waals surface area contributed by atoms with Gasteiger partial charge in [-0.1, -0.05) is 67.9 Å². The number of nitro benzene ring substituents is 1. The third-order valence-corrected chi connectivity index (χ3v) is 6.68. The summed E-state index contributed by atoms with van der Waals surface area (Å²) in [6, 6.07) is 21.8. The molecule has 0 spiro atoms. The van der Waals surface area contributed by atoms with Crippen molar-refractivity contribution in [2.75, 3.05) is 19.6 Å². The molecular formula is C31H34N4O4. The molecular weight excluding hydrogens is 492 g/mol. The molecule has 4 aromatic rings. The predicted molar refractivity (Wildman–Crippen MR) is 152 cm³/mol. The quantitative estimate of drug-likeness (QED) is 0.199. The Balaban J connectivity index is 1.56. The molecule has 0 atom stereocenters. The van der Waals surface area contributed by atoms with Crippen molar-refractivity contribution in [1.29, 1.82) is 0 Å². The number of carbonyl (C=O) groups is 2. The van der Waals surface area contributed by atoms with Gasteiger partial charge in [-0.25, -0.2) is 0 Å². The Morgan fingerprint density at radius 3 is 2.44 bits per heavy atom. The number of aromatic nitrogens is 1. The maximum Gasteiger partial charge on any atom is 0.270 e. The molecule has 202 valence electrons. The van der Waals surface area contributed by atoms with Gasteiger partial charge in [0.15, 0.2) is 0 Å². The van der Waals surface area contributed by atoms with E-state index in [2.05, 4.69) is 11.1 Å². The lowest BCUT2D eigenvalue weighted by Gasteiger charge is -2.29. The molecule has 0 aliphatic carbocycles. The van der Waals surface area contributed by atoms with Gasteiger partial charge in [0.2, 0.25) is 5.91 Å². The Morgan fingerprint density at radius 2 is 1.72 bits per heavy atom. The van der Waals surface area contributed by atoms with Crippen LogP contribution >= 0.6 is 0 Å². The van der Waals surface area contributed by atoms with E-state index in [1.807, 2.05) is 69.4 Å². The normalized spacial score (nSPS) is 11.1. The first kappa shape index (κ1) is 27.6. The minimum atomic E-state index is -0.525. The average Bonchev–Trinajstić information content (AvgIpc) is 3.34. The lowest BCUT2D eigenvalue weighted by molar-refractivity contribution is -0.384. The number of nitrogens with one attached hydrogen (secondary N) is 1. The van der Waals surface area contributed by atoms with E-state index in [4.69, 9.17) is 0 Å². The number of aromatic amines is 1. The molecule has 8 heteroatoms. The number of benzene rings is 3. The summed E-state index contributed by atoms with van der Waals surface area (Å²) in [7, 11) is 0. The van der Waals surface area contributed by atoms with E-state index in [-0.39, 0.29) is 29.6 Å². The van der Waals surface area contributed by atoms with Gasteiger partial charge in [-0.2, -0.15) is 0 Å². The number of aryl methyl sites for hydroxylation is 1. The smallest absolute Gasteiger partial charge is 0.270 e. The van der Waals surface area contributed by atoms with E-state index in [0.29, 0.717) is 26.1 Å². The number of fused-ring (bicyclic) bond motifs is 1. The average molecular weight is 527 g/mol. The summed E-state index contributed by atoms with van der Waals surface area (Å²) in [6.45, 7) is 7.11. The zero-order chi connectivity index (χ0) is 27.9. The Bertz CT molecular complexity index is 1460. The van der Waals surface area contributed by atoms with Crippen LogP contribution in [0.1, 0.15) is 40.9 Å². The number of non-ortho nitro benzene ring substituents is 1. The first-order chi connectivity index (χ1) is 18.7. The fraction of sp³-hybridized carbons (Fsp3) is 0.290. The molecule has 39 heavy (non-hydrogen) atoms.